The third kappa shape index (κ3) is 5.16. The van der Waals surface area contributed by atoms with Gasteiger partial charge in [-0.3, -0.25) is 9.59 Å². The normalized spacial score (nSPS) is 11.6. The number of benzene rings is 2. The van der Waals surface area contributed by atoms with Crippen LogP contribution in [-0.4, -0.2) is 29.6 Å². The Balaban J connectivity index is 2.17. The SMILES string of the molecule is CCC(CCO)NC(=O)c1ccccc1NC(=O)c1cccc(C)c1. The number of rotatable bonds is 7. The number of para-hydroxylation sites is 1. The van der Waals surface area contributed by atoms with Crippen LogP contribution in [0, 0.1) is 6.92 Å². The van der Waals surface area contributed by atoms with Crippen molar-refractivity contribution in [1.82, 2.24) is 5.32 Å². The lowest BCUT2D eigenvalue weighted by Gasteiger charge is -2.17. The number of carbonyl (C=O) groups excluding carboxylic acids is 2. The molecule has 0 fully saturated rings. The van der Waals surface area contributed by atoms with Crippen molar-refractivity contribution < 1.29 is 14.7 Å². The average Bonchev–Trinajstić information content (AvgIpc) is 2.61. The molecule has 0 radical (unpaired) electrons. The van der Waals surface area contributed by atoms with Crippen LogP contribution in [0.25, 0.3) is 0 Å². The lowest BCUT2D eigenvalue weighted by molar-refractivity contribution is 0.0930. The molecule has 5 heteroatoms. The van der Waals surface area contributed by atoms with Crippen molar-refractivity contribution in [2.45, 2.75) is 32.7 Å². The number of anilines is 1. The second kappa shape index (κ2) is 8.99. The van der Waals surface area contributed by atoms with Crippen molar-refractivity contribution in [3.8, 4) is 0 Å². The fourth-order valence-corrected chi connectivity index (χ4v) is 2.57. The first-order valence-corrected chi connectivity index (χ1v) is 8.44. The Labute approximate surface area is 148 Å². The summed E-state index contributed by atoms with van der Waals surface area (Å²) in [5, 5.41) is 14.8. The first kappa shape index (κ1) is 18.7. The van der Waals surface area contributed by atoms with E-state index in [1.54, 1.807) is 36.4 Å². The highest BCUT2D eigenvalue weighted by Crippen LogP contribution is 2.17. The van der Waals surface area contributed by atoms with Crippen LogP contribution in [0.1, 0.15) is 46.0 Å². The van der Waals surface area contributed by atoms with E-state index in [2.05, 4.69) is 10.6 Å². The van der Waals surface area contributed by atoms with Gasteiger partial charge in [0.25, 0.3) is 11.8 Å². The second-order valence-electron chi connectivity index (χ2n) is 5.96. The van der Waals surface area contributed by atoms with Crippen LogP contribution in [0.3, 0.4) is 0 Å². The van der Waals surface area contributed by atoms with Gasteiger partial charge in [0, 0.05) is 18.2 Å². The summed E-state index contributed by atoms with van der Waals surface area (Å²) in [7, 11) is 0. The summed E-state index contributed by atoms with van der Waals surface area (Å²) in [5.74, 6) is -0.521. The van der Waals surface area contributed by atoms with Gasteiger partial charge in [0.2, 0.25) is 0 Å². The Morgan fingerprint density at radius 3 is 2.52 bits per heavy atom. The topological polar surface area (TPSA) is 78.4 Å². The maximum Gasteiger partial charge on any atom is 0.255 e. The molecule has 0 heterocycles. The predicted octanol–water partition coefficient (Wildman–Crippen LogP) is 3.14. The van der Waals surface area contributed by atoms with Crippen molar-refractivity contribution in [1.29, 1.82) is 0 Å². The zero-order valence-electron chi connectivity index (χ0n) is 14.6. The quantitative estimate of drug-likeness (QED) is 0.724. The number of aliphatic hydroxyl groups is 1. The molecule has 0 aliphatic carbocycles. The highest BCUT2D eigenvalue weighted by atomic mass is 16.3. The first-order chi connectivity index (χ1) is 12.0. The average molecular weight is 340 g/mol. The van der Waals surface area contributed by atoms with Crippen LogP contribution >= 0.6 is 0 Å². The van der Waals surface area contributed by atoms with Crippen LogP contribution in [0.5, 0.6) is 0 Å². The zero-order valence-corrected chi connectivity index (χ0v) is 14.6. The van der Waals surface area contributed by atoms with E-state index in [1.165, 1.54) is 0 Å². The Bertz CT molecular complexity index is 743. The molecule has 2 amide bonds. The second-order valence-corrected chi connectivity index (χ2v) is 5.96. The van der Waals surface area contributed by atoms with Crippen LogP contribution in [0.4, 0.5) is 5.69 Å². The highest BCUT2D eigenvalue weighted by Gasteiger charge is 2.16. The number of carbonyl (C=O) groups is 2. The first-order valence-electron chi connectivity index (χ1n) is 8.44. The summed E-state index contributed by atoms with van der Waals surface area (Å²) in [6, 6.07) is 14.1. The zero-order chi connectivity index (χ0) is 18.2. The Hall–Kier alpha value is -2.66. The van der Waals surface area contributed by atoms with Gasteiger partial charge in [-0.25, -0.2) is 0 Å². The molecule has 0 saturated carbocycles. The van der Waals surface area contributed by atoms with Gasteiger partial charge in [-0.15, -0.1) is 0 Å². The summed E-state index contributed by atoms with van der Waals surface area (Å²) < 4.78 is 0. The van der Waals surface area contributed by atoms with Gasteiger partial charge < -0.3 is 15.7 Å². The minimum Gasteiger partial charge on any atom is -0.396 e. The number of aliphatic hydroxyl groups excluding tert-OH is 1. The van der Waals surface area contributed by atoms with Gasteiger partial charge in [-0.2, -0.15) is 0 Å². The Kier molecular flexibility index (Phi) is 6.71. The molecule has 2 rings (SSSR count). The minimum atomic E-state index is -0.263. The molecule has 2 aromatic carbocycles. The van der Waals surface area contributed by atoms with Crippen molar-refractivity contribution in [2.24, 2.45) is 0 Å². The Morgan fingerprint density at radius 1 is 1.08 bits per heavy atom. The fourth-order valence-electron chi connectivity index (χ4n) is 2.57. The molecule has 0 aliphatic heterocycles. The van der Waals surface area contributed by atoms with Crippen molar-refractivity contribution in [2.75, 3.05) is 11.9 Å². The van der Waals surface area contributed by atoms with E-state index in [0.29, 0.717) is 23.2 Å². The van der Waals surface area contributed by atoms with Gasteiger partial charge in [0.05, 0.1) is 11.3 Å². The molecule has 3 N–H and O–H groups in total. The molecule has 0 aliphatic rings. The highest BCUT2D eigenvalue weighted by molar-refractivity contribution is 6.09. The monoisotopic (exact) mass is 340 g/mol. The molecule has 2 aromatic rings. The maximum absolute atomic E-state index is 12.5. The van der Waals surface area contributed by atoms with E-state index >= 15 is 0 Å². The fraction of sp³-hybridized carbons (Fsp3) is 0.300. The third-order valence-corrected chi connectivity index (χ3v) is 4.01. The molecule has 0 saturated heterocycles. The van der Waals surface area contributed by atoms with E-state index < -0.39 is 0 Å². The Morgan fingerprint density at radius 2 is 1.84 bits per heavy atom. The van der Waals surface area contributed by atoms with Crippen LogP contribution in [0.15, 0.2) is 48.5 Å². The van der Waals surface area contributed by atoms with Gasteiger partial charge in [-0.05, 0) is 44.0 Å². The molecular formula is C20H24N2O3. The van der Waals surface area contributed by atoms with Crippen LogP contribution in [0.2, 0.25) is 0 Å². The van der Waals surface area contributed by atoms with E-state index in [0.717, 1.165) is 12.0 Å². The summed E-state index contributed by atoms with van der Waals surface area (Å²) in [6.45, 7) is 3.89. The molecular weight excluding hydrogens is 316 g/mol. The molecule has 0 bridgehead atoms. The molecule has 5 nitrogen and oxygen atoms in total. The van der Waals surface area contributed by atoms with Crippen LogP contribution < -0.4 is 10.6 Å². The van der Waals surface area contributed by atoms with Crippen molar-refractivity contribution in [3.63, 3.8) is 0 Å². The lowest BCUT2D eigenvalue weighted by atomic mass is 10.1. The minimum absolute atomic E-state index is 0.0184. The smallest absolute Gasteiger partial charge is 0.255 e. The van der Waals surface area contributed by atoms with Gasteiger partial charge in [0.15, 0.2) is 0 Å². The van der Waals surface area contributed by atoms with E-state index in [9.17, 15) is 9.59 Å². The molecule has 132 valence electrons. The number of aryl methyl sites for hydroxylation is 1. The molecule has 0 spiro atoms. The van der Waals surface area contributed by atoms with E-state index in [4.69, 9.17) is 5.11 Å². The van der Waals surface area contributed by atoms with Crippen molar-refractivity contribution >= 4 is 17.5 Å². The molecule has 1 atom stereocenters. The standard InChI is InChI=1S/C20H24N2O3/c1-3-16(11-12-23)21-20(25)17-9-4-5-10-18(17)22-19(24)15-8-6-7-14(2)13-15/h4-10,13,16,23H,3,11-12H2,1-2H3,(H,21,25)(H,22,24). The van der Waals surface area contributed by atoms with Gasteiger partial charge >= 0.3 is 0 Å². The van der Waals surface area contributed by atoms with Gasteiger partial charge in [-0.1, -0.05) is 36.8 Å². The number of nitrogens with one attached hydrogen (secondary N) is 2. The van der Waals surface area contributed by atoms with Crippen molar-refractivity contribution in [3.05, 3.63) is 65.2 Å². The summed E-state index contributed by atoms with van der Waals surface area (Å²) in [4.78, 5) is 25.0. The van der Waals surface area contributed by atoms with E-state index in [-0.39, 0.29) is 24.5 Å². The summed E-state index contributed by atoms with van der Waals surface area (Å²) in [5.41, 5.74) is 2.40. The van der Waals surface area contributed by atoms with Crippen LogP contribution in [-0.2, 0) is 0 Å². The lowest BCUT2D eigenvalue weighted by Crippen LogP contribution is -2.35. The predicted molar refractivity (Wildman–Crippen MR) is 98.8 cm³/mol. The number of amides is 2. The number of hydrogen-bond donors (Lipinski definition) is 3. The molecule has 0 aromatic heterocycles. The summed E-state index contributed by atoms with van der Waals surface area (Å²) in [6.07, 6.45) is 1.23. The third-order valence-electron chi connectivity index (χ3n) is 4.01. The molecule has 25 heavy (non-hydrogen) atoms. The summed E-state index contributed by atoms with van der Waals surface area (Å²) >= 11 is 0. The number of hydrogen-bond acceptors (Lipinski definition) is 3. The van der Waals surface area contributed by atoms with Gasteiger partial charge in [0.1, 0.15) is 0 Å². The molecule has 1 unspecified atom stereocenters. The largest absolute Gasteiger partial charge is 0.396 e. The van der Waals surface area contributed by atoms with E-state index in [1.807, 2.05) is 26.0 Å². The maximum atomic E-state index is 12.5.